The van der Waals surface area contributed by atoms with Crippen LogP contribution in [-0.4, -0.2) is 44.0 Å². The van der Waals surface area contributed by atoms with Gasteiger partial charge in [0.2, 0.25) is 11.8 Å². The Morgan fingerprint density at radius 1 is 1.35 bits per heavy atom. The third-order valence-electron chi connectivity index (χ3n) is 4.23. The van der Waals surface area contributed by atoms with Crippen LogP contribution in [-0.2, 0) is 14.3 Å². The van der Waals surface area contributed by atoms with Gasteiger partial charge in [-0.05, 0) is 18.4 Å². The summed E-state index contributed by atoms with van der Waals surface area (Å²) in [6, 6.07) is 7.77. The summed E-state index contributed by atoms with van der Waals surface area (Å²) in [5.74, 6) is 0.229. The van der Waals surface area contributed by atoms with E-state index in [1.807, 2.05) is 38.1 Å². The molecule has 1 aromatic rings. The lowest BCUT2D eigenvalue weighted by molar-refractivity contribution is -0.136. The van der Waals surface area contributed by atoms with Crippen LogP contribution in [0.15, 0.2) is 24.3 Å². The van der Waals surface area contributed by atoms with E-state index in [0.29, 0.717) is 19.4 Å². The second-order valence-electron chi connectivity index (χ2n) is 6.44. The molecule has 0 fully saturated rings. The van der Waals surface area contributed by atoms with Crippen molar-refractivity contribution >= 4 is 17.5 Å². The van der Waals surface area contributed by atoms with Crippen LogP contribution in [0.4, 0.5) is 5.69 Å². The summed E-state index contributed by atoms with van der Waals surface area (Å²) in [5, 5.41) is 0. The largest absolute Gasteiger partial charge is 0.377 e. The number of hydrogen-bond acceptors (Lipinski definition) is 3. The maximum absolute atomic E-state index is 12.6. The van der Waals surface area contributed by atoms with Gasteiger partial charge in [-0.15, -0.1) is 0 Å². The lowest BCUT2D eigenvalue weighted by Gasteiger charge is -2.24. The first-order valence-corrected chi connectivity index (χ1v) is 8.10. The first-order chi connectivity index (χ1) is 10.9. The second-order valence-corrected chi connectivity index (χ2v) is 6.44. The molecule has 1 aromatic carbocycles. The van der Waals surface area contributed by atoms with Crippen molar-refractivity contribution in [2.45, 2.75) is 32.8 Å². The van der Waals surface area contributed by atoms with Crippen molar-refractivity contribution in [2.75, 3.05) is 32.1 Å². The van der Waals surface area contributed by atoms with Gasteiger partial charge in [-0.25, -0.2) is 0 Å². The Balaban J connectivity index is 2.31. The topological polar surface area (TPSA) is 49.9 Å². The van der Waals surface area contributed by atoms with Crippen molar-refractivity contribution in [1.82, 2.24) is 4.90 Å². The molecule has 5 nitrogen and oxygen atoms in total. The number of rotatable bonds is 3. The highest BCUT2D eigenvalue weighted by Crippen LogP contribution is 2.31. The van der Waals surface area contributed by atoms with Crippen LogP contribution >= 0.6 is 0 Å². The van der Waals surface area contributed by atoms with E-state index < -0.39 is 0 Å². The van der Waals surface area contributed by atoms with Crippen molar-refractivity contribution in [3.63, 3.8) is 0 Å². The Kier molecular flexibility index (Phi) is 5.77. The Bertz CT molecular complexity index is 571. The van der Waals surface area contributed by atoms with Crippen LogP contribution in [0.3, 0.4) is 0 Å². The average molecular weight is 318 g/mol. The Morgan fingerprint density at radius 2 is 2.04 bits per heavy atom. The van der Waals surface area contributed by atoms with Crippen molar-refractivity contribution in [2.24, 2.45) is 5.92 Å². The van der Waals surface area contributed by atoms with Crippen molar-refractivity contribution in [1.29, 1.82) is 0 Å². The fraction of sp³-hybridized carbons (Fsp3) is 0.556. The summed E-state index contributed by atoms with van der Waals surface area (Å²) >= 11 is 0. The highest BCUT2D eigenvalue weighted by atomic mass is 16.5. The number of anilines is 1. The van der Waals surface area contributed by atoms with Gasteiger partial charge in [0.25, 0.3) is 0 Å². The van der Waals surface area contributed by atoms with E-state index in [1.165, 1.54) is 0 Å². The molecule has 0 aromatic heterocycles. The summed E-state index contributed by atoms with van der Waals surface area (Å²) in [4.78, 5) is 28.3. The fourth-order valence-corrected chi connectivity index (χ4v) is 2.91. The predicted octanol–water partition coefficient (Wildman–Crippen LogP) is 2.62. The predicted molar refractivity (Wildman–Crippen MR) is 90.3 cm³/mol. The highest BCUT2D eigenvalue weighted by Gasteiger charge is 2.27. The zero-order valence-corrected chi connectivity index (χ0v) is 14.4. The molecule has 2 rings (SSSR count). The number of amides is 2. The van der Waals surface area contributed by atoms with Gasteiger partial charge in [0.05, 0.1) is 6.10 Å². The van der Waals surface area contributed by atoms with Crippen molar-refractivity contribution < 1.29 is 14.3 Å². The zero-order valence-electron chi connectivity index (χ0n) is 14.4. The minimum Gasteiger partial charge on any atom is -0.377 e. The molecule has 2 amide bonds. The molecule has 1 aliphatic rings. The van der Waals surface area contributed by atoms with Gasteiger partial charge in [-0.2, -0.15) is 0 Å². The van der Waals surface area contributed by atoms with Crippen LogP contribution in [0.1, 0.15) is 38.4 Å². The minimum atomic E-state index is -0.131. The molecular formula is C18H26N2O3. The second kappa shape index (κ2) is 7.59. The molecule has 0 N–H and O–H groups in total. The van der Waals surface area contributed by atoms with Crippen LogP contribution in [0, 0.1) is 5.92 Å². The number of nitrogens with zero attached hydrogens (tertiary/aromatic N) is 2. The molecule has 1 atom stereocenters. The molecule has 0 bridgehead atoms. The number of methoxy groups -OCH3 is 1. The molecule has 1 heterocycles. The Labute approximate surface area is 138 Å². The molecule has 0 saturated heterocycles. The summed E-state index contributed by atoms with van der Waals surface area (Å²) < 4.78 is 5.63. The zero-order chi connectivity index (χ0) is 17.0. The van der Waals surface area contributed by atoms with Gasteiger partial charge in [0, 0.05) is 38.4 Å². The molecule has 126 valence electrons. The smallest absolute Gasteiger partial charge is 0.246 e. The van der Waals surface area contributed by atoms with Crippen molar-refractivity contribution in [3.05, 3.63) is 29.8 Å². The molecule has 0 radical (unpaired) electrons. The first-order valence-electron chi connectivity index (χ1n) is 8.10. The molecule has 5 heteroatoms. The van der Waals surface area contributed by atoms with E-state index in [9.17, 15) is 9.59 Å². The number of ether oxygens (including phenoxy) is 1. The third kappa shape index (κ3) is 4.10. The number of hydrogen-bond donors (Lipinski definition) is 0. The molecule has 1 unspecified atom stereocenters. The summed E-state index contributed by atoms with van der Waals surface area (Å²) in [7, 11) is 3.42. The Morgan fingerprint density at radius 3 is 2.70 bits per heavy atom. The van der Waals surface area contributed by atoms with Crippen molar-refractivity contribution in [3.8, 4) is 0 Å². The van der Waals surface area contributed by atoms with Gasteiger partial charge < -0.3 is 14.5 Å². The van der Waals surface area contributed by atoms with Gasteiger partial charge in [0.15, 0.2) is 0 Å². The molecule has 0 spiro atoms. The number of para-hydroxylation sites is 1. The van der Waals surface area contributed by atoms with Gasteiger partial charge >= 0.3 is 0 Å². The average Bonchev–Trinajstić information content (AvgIpc) is 2.57. The standard InChI is InChI=1S/C18H26N2O3/c1-13(2)11-17(21)20-10-9-16(23-4)14-7-5-6-8-15(14)19(3)18(22)12-20/h5-8,13,16H,9-12H2,1-4H3. The van der Waals surface area contributed by atoms with Gasteiger partial charge in [-0.3, -0.25) is 9.59 Å². The number of benzene rings is 1. The number of fused-ring (bicyclic) bond motifs is 1. The van der Waals surface area contributed by atoms with E-state index in [2.05, 4.69) is 0 Å². The van der Waals surface area contributed by atoms with Crippen LogP contribution in [0.5, 0.6) is 0 Å². The molecule has 0 aliphatic carbocycles. The summed E-state index contributed by atoms with van der Waals surface area (Å²) in [5.41, 5.74) is 1.84. The summed E-state index contributed by atoms with van der Waals surface area (Å²) in [6.45, 7) is 4.66. The lowest BCUT2D eigenvalue weighted by atomic mass is 10.0. The van der Waals surface area contributed by atoms with Crippen LogP contribution in [0.2, 0.25) is 0 Å². The molecule has 23 heavy (non-hydrogen) atoms. The van der Waals surface area contributed by atoms with E-state index in [-0.39, 0.29) is 30.4 Å². The number of carbonyl (C=O) groups excluding carboxylic acids is 2. The molecular weight excluding hydrogens is 292 g/mol. The third-order valence-corrected chi connectivity index (χ3v) is 4.23. The van der Waals surface area contributed by atoms with Crippen LogP contribution < -0.4 is 4.90 Å². The first kappa shape index (κ1) is 17.5. The van der Waals surface area contributed by atoms with E-state index in [4.69, 9.17) is 4.74 Å². The number of likely N-dealkylation sites (N-methyl/N-ethyl adjacent to an activating group) is 1. The lowest BCUT2D eigenvalue weighted by Crippen LogP contribution is -2.42. The van der Waals surface area contributed by atoms with Gasteiger partial charge in [0.1, 0.15) is 6.54 Å². The highest BCUT2D eigenvalue weighted by molar-refractivity contribution is 5.97. The van der Waals surface area contributed by atoms with Gasteiger partial charge in [-0.1, -0.05) is 32.0 Å². The SMILES string of the molecule is COC1CCN(C(=O)CC(C)C)CC(=O)N(C)c2ccccc21. The summed E-state index contributed by atoms with van der Waals surface area (Å²) in [6.07, 6.45) is 1.01. The quantitative estimate of drug-likeness (QED) is 0.861. The fourth-order valence-electron chi connectivity index (χ4n) is 2.91. The normalized spacial score (nSPS) is 19.2. The van der Waals surface area contributed by atoms with E-state index >= 15 is 0 Å². The van der Waals surface area contributed by atoms with Crippen LogP contribution in [0.25, 0.3) is 0 Å². The van der Waals surface area contributed by atoms with E-state index in [1.54, 1.807) is 24.0 Å². The maximum atomic E-state index is 12.6. The maximum Gasteiger partial charge on any atom is 0.246 e. The monoisotopic (exact) mass is 318 g/mol. The Hall–Kier alpha value is -1.88. The number of carbonyl (C=O) groups is 2. The molecule has 0 saturated carbocycles. The van der Waals surface area contributed by atoms with E-state index in [0.717, 1.165) is 11.3 Å². The minimum absolute atomic E-state index is 0.0301. The molecule has 1 aliphatic heterocycles.